The van der Waals surface area contributed by atoms with Gasteiger partial charge in [-0.25, -0.2) is 4.99 Å². The van der Waals surface area contributed by atoms with Crippen LogP contribution in [0.4, 0.5) is 0 Å². The minimum absolute atomic E-state index is 0.151. The van der Waals surface area contributed by atoms with Crippen LogP contribution in [0.5, 0.6) is 0 Å². The maximum absolute atomic E-state index is 10.9. The van der Waals surface area contributed by atoms with Gasteiger partial charge in [-0.1, -0.05) is 36.4 Å². The van der Waals surface area contributed by atoms with Crippen LogP contribution in [0.15, 0.2) is 54.0 Å². The van der Waals surface area contributed by atoms with Crippen molar-refractivity contribution in [1.29, 1.82) is 0 Å². The molecule has 0 saturated carbocycles. The van der Waals surface area contributed by atoms with Gasteiger partial charge < -0.3 is 9.63 Å². The molecule has 0 saturated heterocycles. The first-order valence-corrected chi connectivity index (χ1v) is 10.3. The van der Waals surface area contributed by atoms with E-state index in [1.807, 2.05) is 67.9 Å². The number of benzene rings is 2. The van der Waals surface area contributed by atoms with E-state index in [0.717, 1.165) is 39.8 Å². The van der Waals surface area contributed by atoms with E-state index in [4.69, 9.17) is 22.3 Å². The zero-order valence-corrected chi connectivity index (χ0v) is 18.6. The molecule has 0 atom stereocenters. The number of aldehydes is 1. The maximum Gasteiger partial charge on any atom is 0.265 e. The zero-order chi connectivity index (χ0) is 22.5. The van der Waals surface area contributed by atoms with E-state index < -0.39 is 0 Å². The highest BCUT2D eigenvalue weighted by Crippen LogP contribution is 2.29. The summed E-state index contributed by atoms with van der Waals surface area (Å²) in [6.07, 6.45) is 1.28. The van der Waals surface area contributed by atoms with E-state index in [0.29, 0.717) is 29.4 Å². The highest BCUT2D eigenvalue weighted by atomic mass is 35.5. The van der Waals surface area contributed by atoms with Gasteiger partial charge in [0.2, 0.25) is 0 Å². The zero-order valence-electron chi connectivity index (χ0n) is 17.9. The number of hydrogen-bond donors (Lipinski definition) is 1. The van der Waals surface area contributed by atoms with Gasteiger partial charge in [0.05, 0.1) is 11.4 Å². The van der Waals surface area contributed by atoms with Crippen LogP contribution in [0.3, 0.4) is 0 Å². The second-order valence-corrected chi connectivity index (χ2v) is 7.56. The van der Waals surface area contributed by atoms with Crippen LogP contribution in [0, 0.1) is 13.8 Å². The Morgan fingerprint density at radius 3 is 2.52 bits per heavy atom. The van der Waals surface area contributed by atoms with Gasteiger partial charge >= 0.3 is 0 Å². The van der Waals surface area contributed by atoms with E-state index in [-0.39, 0.29) is 5.90 Å². The van der Waals surface area contributed by atoms with E-state index in [1.54, 1.807) is 0 Å². The van der Waals surface area contributed by atoms with Crippen LogP contribution < -0.4 is 5.90 Å². The summed E-state index contributed by atoms with van der Waals surface area (Å²) in [5.41, 5.74) is 6.49. The summed E-state index contributed by atoms with van der Waals surface area (Å²) in [7, 11) is 0. The predicted octanol–water partition coefficient (Wildman–Crippen LogP) is 4.89. The molecular weight excluding hydrogens is 412 g/mol. The van der Waals surface area contributed by atoms with Crippen molar-refractivity contribution in [3.8, 4) is 11.3 Å². The summed E-state index contributed by atoms with van der Waals surface area (Å²) in [5, 5.41) is 5.21. The topological polar surface area (TPSA) is 82.5 Å². The summed E-state index contributed by atoms with van der Waals surface area (Å²) in [5.74, 6) is 5.69. The molecule has 3 aromatic rings. The van der Waals surface area contributed by atoms with Crippen LogP contribution in [-0.4, -0.2) is 22.0 Å². The van der Waals surface area contributed by atoms with Gasteiger partial charge in [0.1, 0.15) is 12.0 Å². The van der Waals surface area contributed by atoms with Gasteiger partial charge in [-0.3, -0.25) is 4.68 Å². The maximum atomic E-state index is 10.9. The van der Waals surface area contributed by atoms with E-state index >= 15 is 0 Å². The molecule has 1 heterocycles. The molecule has 0 amide bonds. The lowest BCUT2D eigenvalue weighted by Crippen LogP contribution is -2.13. The largest absolute Gasteiger partial charge is 0.389 e. The van der Waals surface area contributed by atoms with E-state index in [9.17, 15) is 4.79 Å². The Bertz CT molecular complexity index is 1140. The molecule has 0 aliphatic rings. The first-order chi connectivity index (χ1) is 14.9. The standard InChI is InChI=1S/C24H25ClN4O2/c1-5-29-23(20-8-6-7-9-21(20)25)14-22(28-29)24(31-26)27-17(4)18-12-15(2)19(10-11-30)16(3)13-18/h6-9,11-14H,4-5,10,26H2,1-3H3/b27-24-. The van der Waals surface area contributed by atoms with Crippen molar-refractivity contribution in [3.05, 3.63) is 82.0 Å². The second kappa shape index (κ2) is 9.73. The first-order valence-electron chi connectivity index (χ1n) is 9.91. The van der Waals surface area contributed by atoms with Crippen molar-refractivity contribution in [2.24, 2.45) is 10.9 Å². The molecule has 1 aromatic heterocycles. The molecule has 0 bridgehead atoms. The fraction of sp³-hybridized carbons (Fsp3) is 0.208. The number of hydrogen-bond acceptors (Lipinski definition) is 5. The summed E-state index contributed by atoms with van der Waals surface area (Å²) in [6, 6.07) is 13.3. The number of aryl methyl sites for hydroxylation is 3. The third kappa shape index (κ3) is 4.76. The van der Waals surface area contributed by atoms with Crippen molar-refractivity contribution in [3.63, 3.8) is 0 Å². The molecule has 31 heavy (non-hydrogen) atoms. The number of carbonyl (C=O) groups is 1. The Balaban J connectivity index is 2.00. The average molecular weight is 437 g/mol. The summed E-state index contributed by atoms with van der Waals surface area (Å²) >= 11 is 6.38. The summed E-state index contributed by atoms with van der Waals surface area (Å²) in [6.45, 7) is 10.6. The minimum atomic E-state index is 0.151. The van der Waals surface area contributed by atoms with E-state index in [2.05, 4.69) is 16.7 Å². The molecule has 2 N–H and O–H groups in total. The lowest BCUT2D eigenvalue weighted by molar-refractivity contribution is -0.107. The molecule has 6 nitrogen and oxygen atoms in total. The molecule has 0 unspecified atom stereocenters. The molecule has 160 valence electrons. The average Bonchev–Trinajstić information content (AvgIpc) is 3.18. The summed E-state index contributed by atoms with van der Waals surface area (Å²) < 4.78 is 1.82. The molecule has 0 radical (unpaired) electrons. The molecule has 2 aromatic carbocycles. The molecular formula is C24H25ClN4O2. The number of aromatic nitrogens is 2. The van der Waals surface area contributed by atoms with Gasteiger partial charge in [-0.05, 0) is 61.7 Å². The van der Waals surface area contributed by atoms with E-state index in [1.165, 1.54) is 0 Å². The molecule has 0 spiro atoms. The number of aliphatic imine (C=N–C) groups is 1. The Kier molecular flexibility index (Phi) is 7.05. The van der Waals surface area contributed by atoms with Gasteiger partial charge in [0.15, 0.2) is 0 Å². The smallest absolute Gasteiger partial charge is 0.265 e. The highest BCUT2D eigenvalue weighted by Gasteiger charge is 2.17. The third-order valence-electron chi connectivity index (χ3n) is 5.11. The first kappa shape index (κ1) is 22.5. The normalized spacial score (nSPS) is 11.5. The Morgan fingerprint density at radius 1 is 1.26 bits per heavy atom. The third-order valence-corrected chi connectivity index (χ3v) is 5.44. The lowest BCUT2D eigenvalue weighted by atomic mass is 9.96. The number of nitrogens with zero attached hydrogens (tertiary/aromatic N) is 3. The highest BCUT2D eigenvalue weighted by molar-refractivity contribution is 6.33. The minimum Gasteiger partial charge on any atom is -0.389 e. The number of rotatable bonds is 7. The predicted molar refractivity (Wildman–Crippen MR) is 125 cm³/mol. The fourth-order valence-electron chi connectivity index (χ4n) is 3.54. The Labute approximate surface area is 187 Å². The fourth-order valence-corrected chi connectivity index (χ4v) is 3.78. The van der Waals surface area contributed by atoms with Crippen LogP contribution in [0.2, 0.25) is 5.02 Å². The van der Waals surface area contributed by atoms with Gasteiger partial charge in [-0.15, -0.1) is 0 Å². The van der Waals surface area contributed by atoms with Crippen molar-refractivity contribution >= 4 is 29.5 Å². The van der Waals surface area contributed by atoms with Crippen molar-refractivity contribution in [2.45, 2.75) is 33.7 Å². The van der Waals surface area contributed by atoms with Gasteiger partial charge in [-0.2, -0.15) is 11.0 Å². The lowest BCUT2D eigenvalue weighted by Gasteiger charge is -2.11. The molecule has 0 fully saturated rings. The van der Waals surface area contributed by atoms with Gasteiger partial charge in [0.25, 0.3) is 5.90 Å². The van der Waals surface area contributed by atoms with Crippen molar-refractivity contribution < 1.29 is 9.63 Å². The molecule has 0 aliphatic heterocycles. The van der Waals surface area contributed by atoms with Crippen LogP contribution >= 0.6 is 11.6 Å². The monoisotopic (exact) mass is 436 g/mol. The van der Waals surface area contributed by atoms with Crippen molar-refractivity contribution in [2.75, 3.05) is 0 Å². The number of halogens is 1. The number of nitrogens with two attached hydrogens (primary N) is 1. The Morgan fingerprint density at radius 2 is 1.94 bits per heavy atom. The Hall–Kier alpha value is -3.22. The SMILES string of the molecule is C=C(/N=C(\ON)c1cc(-c2ccccc2Cl)n(CC)n1)c1cc(C)c(CC=O)c(C)c1. The van der Waals surface area contributed by atoms with Crippen LogP contribution in [0.1, 0.15) is 34.9 Å². The molecule has 7 heteroatoms. The molecule has 0 aliphatic carbocycles. The van der Waals surface area contributed by atoms with Gasteiger partial charge in [0, 0.05) is 29.1 Å². The van der Waals surface area contributed by atoms with Crippen molar-refractivity contribution in [1.82, 2.24) is 9.78 Å². The molecule has 3 rings (SSSR count). The second-order valence-electron chi connectivity index (χ2n) is 7.15. The number of carbonyl (C=O) groups excluding carboxylic acids is 1. The van der Waals surface area contributed by atoms with Crippen LogP contribution in [-0.2, 0) is 22.6 Å². The summed E-state index contributed by atoms with van der Waals surface area (Å²) in [4.78, 5) is 20.5. The van der Waals surface area contributed by atoms with Crippen LogP contribution in [0.25, 0.3) is 17.0 Å². The quantitative estimate of drug-likeness (QED) is 0.247.